The summed E-state index contributed by atoms with van der Waals surface area (Å²) in [5.74, 6) is 0.244. The summed E-state index contributed by atoms with van der Waals surface area (Å²) in [5.41, 5.74) is 0.560. The molecule has 4 rings (SSSR count). The van der Waals surface area contributed by atoms with Gasteiger partial charge in [0.15, 0.2) is 5.13 Å². The zero-order chi connectivity index (χ0) is 17.4. The molecule has 128 valence electrons. The Bertz CT molecular complexity index is 970. The summed E-state index contributed by atoms with van der Waals surface area (Å²) in [6.07, 6.45) is 0.898. The van der Waals surface area contributed by atoms with Gasteiger partial charge >= 0.3 is 11.6 Å². The number of anilines is 1. The molecule has 1 aromatic carbocycles. The van der Waals surface area contributed by atoms with E-state index in [9.17, 15) is 9.59 Å². The second-order valence-electron chi connectivity index (χ2n) is 5.58. The minimum absolute atomic E-state index is 0.215. The molecule has 0 spiro atoms. The minimum atomic E-state index is -0.502. The second-order valence-corrected chi connectivity index (χ2v) is 6.59. The first-order valence-electron chi connectivity index (χ1n) is 7.62. The lowest BCUT2D eigenvalue weighted by Crippen LogP contribution is -2.53. The predicted octanol–water partition coefficient (Wildman–Crippen LogP) is 2.30. The molecule has 3 aromatic rings. The highest BCUT2D eigenvalue weighted by molar-refractivity contribution is 7.22. The Balaban J connectivity index is 1.41. The van der Waals surface area contributed by atoms with Crippen LogP contribution in [0.1, 0.15) is 10.4 Å². The van der Waals surface area contributed by atoms with Gasteiger partial charge in [-0.25, -0.2) is 14.6 Å². The van der Waals surface area contributed by atoms with Crippen LogP contribution in [-0.4, -0.2) is 37.3 Å². The zero-order valence-corrected chi connectivity index (χ0v) is 14.1. The van der Waals surface area contributed by atoms with Crippen molar-refractivity contribution in [2.75, 3.05) is 25.1 Å². The van der Waals surface area contributed by atoms with Crippen molar-refractivity contribution in [2.24, 2.45) is 0 Å². The Morgan fingerprint density at radius 2 is 2.16 bits per heavy atom. The highest BCUT2D eigenvalue weighted by atomic mass is 32.1. The third-order valence-corrected chi connectivity index (χ3v) is 5.00. The van der Waals surface area contributed by atoms with E-state index < -0.39 is 11.6 Å². The fraction of sp³-hybridized carbons (Fsp3) is 0.235. The molecular weight excluding hydrogens is 344 g/mol. The van der Waals surface area contributed by atoms with Gasteiger partial charge in [-0.3, -0.25) is 0 Å². The van der Waals surface area contributed by atoms with E-state index >= 15 is 0 Å². The summed E-state index contributed by atoms with van der Waals surface area (Å²) in [6, 6.07) is 8.40. The van der Waals surface area contributed by atoms with Gasteiger partial charge in [0.2, 0.25) is 0 Å². The van der Waals surface area contributed by atoms with E-state index in [0.29, 0.717) is 13.1 Å². The molecule has 1 saturated heterocycles. The first kappa shape index (κ1) is 15.6. The van der Waals surface area contributed by atoms with Crippen molar-refractivity contribution in [3.05, 3.63) is 52.6 Å². The number of hydrogen-bond acceptors (Lipinski definition) is 8. The lowest BCUT2D eigenvalue weighted by Gasteiger charge is -2.38. The highest BCUT2D eigenvalue weighted by Gasteiger charge is 2.32. The van der Waals surface area contributed by atoms with E-state index in [-0.39, 0.29) is 11.7 Å². The molecule has 25 heavy (non-hydrogen) atoms. The standard InChI is InChI=1S/C17H14N2O5S/c1-22-12-3-2-4-13-15(12)18-17(25-13)19-7-11(8-19)24-16(21)10-5-6-14(20)23-9-10/h2-6,9,11H,7-8H2,1H3. The molecule has 1 fully saturated rings. The van der Waals surface area contributed by atoms with Gasteiger partial charge in [-0.15, -0.1) is 0 Å². The summed E-state index contributed by atoms with van der Waals surface area (Å²) >= 11 is 1.57. The summed E-state index contributed by atoms with van der Waals surface area (Å²) in [7, 11) is 1.62. The van der Waals surface area contributed by atoms with Gasteiger partial charge < -0.3 is 18.8 Å². The number of carbonyl (C=O) groups excluding carboxylic acids is 1. The number of rotatable bonds is 4. The van der Waals surface area contributed by atoms with Crippen molar-refractivity contribution >= 4 is 32.7 Å². The van der Waals surface area contributed by atoms with E-state index in [1.807, 2.05) is 23.1 Å². The summed E-state index contributed by atoms with van der Waals surface area (Å²) < 4.78 is 16.4. The quantitative estimate of drug-likeness (QED) is 0.662. The Labute approximate surface area is 146 Å². The van der Waals surface area contributed by atoms with Crippen molar-refractivity contribution in [3.8, 4) is 5.75 Å². The van der Waals surface area contributed by atoms with Gasteiger partial charge in [-0.1, -0.05) is 17.4 Å². The number of hydrogen-bond donors (Lipinski definition) is 0. The Morgan fingerprint density at radius 1 is 1.32 bits per heavy atom. The first-order chi connectivity index (χ1) is 12.1. The van der Waals surface area contributed by atoms with Crippen LogP contribution in [0.15, 0.2) is 45.8 Å². The SMILES string of the molecule is COc1cccc2sc(N3CC(OC(=O)c4ccc(=O)oc4)C3)nc12. The summed E-state index contributed by atoms with van der Waals surface area (Å²) in [4.78, 5) is 29.6. The zero-order valence-electron chi connectivity index (χ0n) is 13.3. The van der Waals surface area contributed by atoms with Gasteiger partial charge in [-0.2, -0.15) is 0 Å². The molecule has 8 heteroatoms. The average molecular weight is 358 g/mol. The molecular formula is C17H14N2O5S. The molecule has 3 heterocycles. The van der Waals surface area contributed by atoms with Crippen molar-refractivity contribution in [2.45, 2.75) is 6.10 Å². The third kappa shape index (κ3) is 2.96. The average Bonchev–Trinajstić information content (AvgIpc) is 3.01. The van der Waals surface area contributed by atoms with Crippen LogP contribution in [0.25, 0.3) is 10.2 Å². The lowest BCUT2D eigenvalue weighted by atomic mass is 10.2. The number of nitrogens with zero attached hydrogens (tertiary/aromatic N) is 2. The molecule has 0 bridgehead atoms. The summed E-state index contributed by atoms with van der Waals surface area (Å²) in [6.45, 7) is 1.15. The number of carbonyl (C=O) groups is 1. The molecule has 7 nitrogen and oxygen atoms in total. The van der Waals surface area contributed by atoms with Crippen molar-refractivity contribution < 1.29 is 18.7 Å². The van der Waals surface area contributed by atoms with E-state index in [2.05, 4.69) is 9.40 Å². The number of para-hydroxylation sites is 1. The molecule has 0 unspecified atom stereocenters. The smallest absolute Gasteiger partial charge is 0.341 e. The van der Waals surface area contributed by atoms with Crippen LogP contribution < -0.4 is 15.3 Å². The number of fused-ring (bicyclic) bond motifs is 1. The van der Waals surface area contributed by atoms with Crippen LogP contribution in [0, 0.1) is 0 Å². The maximum Gasteiger partial charge on any atom is 0.341 e. The van der Waals surface area contributed by atoms with Gasteiger partial charge in [0.1, 0.15) is 23.6 Å². The van der Waals surface area contributed by atoms with Crippen LogP contribution in [0.5, 0.6) is 5.75 Å². The number of ether oxygens (including phenoxy) is 2. The van der Waals surface area contributed by atoms with Crippen LogP contribution in [0.2, 0.25) is 0 Å². The van der Waals surface area contributed by atoms with Gasteiger partial charge in [0.25, 0.3) is 0 Å². The monoisotopic (exact) mass is 358 g/mol. The van der Waals surface area contributed by atoms with Gasteiger partial charge in [-0.05, 0) is 18.2 Å². The summed E-state index contributed by atoms with van der Waals surface area (Å²) in [5, 5.41) is 0.873. The Kier molecular flexibility index (Phi) is 3.89. The number of esters is 1. The minimum Gasteiger partial charge on any atom is -0.494 e. The fourth-order valence-electron chi connectivity index (χ4n) is 2.57. The van der Waals surface area contributed by atoms with E-state index in [1.165, 1.54) is 12.1 Å². The number of aromatic nitrogens is 1. The normalized spacial score (nSPS) is 14.4. The van der Waals surface area contributed by atoms with E-state index in [4.69, 9.17) is 9.47 Å². The van der Waals surface area contributed by atoms with Crippen LogP contribution >= 0.6 is 11.3 Å². The number of benzene rings is 1. The molecule has 0 radical (unpaired) electrons. The number of methoxy groups -OCH3 is 1. The number of thiazole rings is 1. The largest absolute Gasteiger partial charge is 0.494 e. The van der Waals surface area contributed by atoms with Crippen LogP contribution in [-0.2, 0) is 4.74 Å². The fourth-order valence-corrected chi connectivity index (χ4v) is 3.58. The van der Waals surface area contributed by atoms with Crippen LogP contribution in [0.3, 0.4) is 0 Å². The lowest BCUT2D eigenvalue weighted by molar-refractivity contribution is 0.0231. The van der Waals surface area contributed by atoms with E-state index in [0.717, 1.165) is 27.4 Å². The first-order valence-corrected chi connectivity index (χ1v) is 8.44. The highest BCUT2D eigenvalue weighted by Crippen LogP contribution is 2.35. The van der Waals surface area contributed by atoms with Crippen molar-refractivity contribution in [3.63, 3.8) is 0 Å². The Hall–Kier alpha value is -2.87. The molecule has 2 aromatic heterocycles. The maximum atomic E-state index is 12.0. The Morgan fingerprint density at radius 3 is 2.88 bits per heavy atom. The van der Waals surface area contributed by atoms with E-state index in [1.54, 1.807) is 18.4 Å². The van der Waals surface area contributed by atoms with Gasteiger partial charge in [0.05, 0.1) is 30.5 Å². The molecule has 1 aliphatic heterocycles. The second kappa shape index (κ2) is 6.21. The van der Waals surface area contributed by atoms with Crippen molar-refractivity contribution in [1.29, 1.82) is 0 Å². The molecule has 1 aliphatic rings. The molecule has 0 saturated carbocycles. The topological polar surface area (TPSA) is 81.9 Å². The predicted molar refractivity (Wildman–Crippen MR) is 92.6 cm³/mol. The van der Waals surface area contributed by atoms with Gasteiger partial charge in [0, 0.05) is 6.07 Å². The molecule has 0 N–H and O–H groups in total. The molecule has 0 atom stereocenters. The third-order valence-electron chi connectivity index (χ3n) is 3.92. The van der Waals surface area contributed by atoms with Crippen LogP contribution in [0.4, 0.5) is 5.13 Å². The molecule has 0 amide bonds. The van der Waals surface area contributed by atoms with Crippen molar-refractivity contribution in [1.82, 2.24) is 4.98 Å². The molecule has 0 aliphatic carbocycles. The maximum absolute atomic E-state index is 12.0.